The molecule has 4 heterocycles. The molecule has 2 fully saturated rings. The number of nitrogens with zero attached hydrogens (tertiary/aromatic N) is 3. The van der Waals surface area contributed by atoms with Crippen LogP contribution in [0.15, 0.2) is 23.0 Å². The topological polar surface area (TPSA) is 103 Å². The fraction of sp³-hybridized carbons (Fsp3) is 0.520. The molecule has 2 aromatic heterocycles. The molecule has 1 saturated heterocycles. The maximum Gasteiger partial charge on any atom is 0.276 e. The van der Waals surface area contributed by atoms with Gasteiger partial charge >= 0.3 is 0 Å². The molecule has 3 aromatic rings. The van der Waals surface area contributed by atoms with Crippen LogP contribution in [0.4, 0.5) is 0 Å². The Morgan fingerprint density at radius 1 is 1.33 bits per heavy atom. The summed E-state index contributed by atoms with van der Waals surface area (Å²) < 4.78 is 7.96. The number of hydrogen-bond donors (Lipinski definition) is 3. The van der Waals surface area contributed by atoms with Crippen LogP contribution in [-0.4, -0.2) is 54.4 Å². The van der Waals surface area contributed by atoms with E-state index in [1.807, 2.05) is 19.1 Å². The van der Waals surface area contributed by atoms with Crippen LogP contribution in [0.2, 0.25) is 0 Å². The summed E-state index contributed by atoms with van der Waals surface area (Å²) in [7, 11) is 0. The molecule has 1 saturated carbocycles. The minimum atomic E-state index is -1.17. The van der Waals surface area contributed by atoms with Crippen molar-refractivity contribution >= 4 is 5.65 Å². The highest BCUT2D eigenvalue weighted by Gasteiger charge is 2.73. The van der Waals surface area contributed by atoms with Crippen LogP contribution in [0.5, 0.6) is 11.5 Å². The first-order valence-electron chi connectivity index (χ1n) is 12.0. The number of aromatic nitrogens is 3. The van der Waals surface area contributed by atoms with E-state index < -0.39 is 17.1 Å². The maximum atomic E-state index is 13.6. The predicted octanol–water partition coefficient (Wildman–Crippen LogP) is 1.74. The Morgan fingerprint density at radius 2 is 2.18 bits per heavy atom. The normalized spacial score (nSPS) is 33.6. The molecular weight excluding hydrogens is 420 g/mol. The van der Waals surface area contributed by atoms with Crippen molar-refractivity contribution < 1.29 is 14.9 Å². The lowest BCUT2D eigenvalue weighted by Crippen LogP contribution is -2.75. The van der Waals surface area contributed by atoms with Gasteiger partial charge < -0.3 is 14.9 Å². The summed E-state index contributed by atoms with van der Waals surface area (Å²) in [5.41, 5.74) is 2.56. The van der Waals surface area contributed by atoms with Gasteiger partial charge in [0.1, 0.15) is 0 Å². The zero-order valence-corrected chi connectivity index (χ0v) is 18.5. The molecule has 170 valence electrons. The van der Waals surface area contributed by atoms with Crippen LogP contribution in [0, 0.1) is 12.8 Å². The number of ether oxygens (including phenoxy) is 1. The minimum absolute atomic E-state index is 0.0931. The summed E-state index contributed by atoms with van der Waals surface area (Å²) in [6, 6.07) is 5.45. The fourth-order valence-electron chi connectivity index (χ4n) is 7.50. The second-order valence-corrected chi connectivity index (χ2v) is 10.8. The second-order valence-electron chi connectivity index (χ2n) is 10.8. The zero-order chi connectivity index (χ0) is 22.3. The van der Waals surface area contributed by atoms with Crippen LogP contribution < -0.4 is 10.3 Å². The number of phenolic OH excluding ortho intramolecular Hbond substituents is 1. The van der Waals surface area contributed by atoms with Crippen molar-refractivity contribution in [2.24, 2.45) is 5.92 Å². The number of nitrogens with one attached hydrogen (secondary N) is 1. The first-order chi connectivity index (χ1) is 15.9. The molecular formula is C25H26N4O4. The number of phenols is 1. The van der Waals surface area contributed by atoms with E-state index in [9.17, 15) is 15.0 Å². The van der Waals surface area contributed by atoms with Crippen LogP contribution >= 0.6 is 0 Å². The van der Waals surface area contributed by atoms with Crippen LogP contribution in [-0.2, 0) is 18.3 Å². The van der Waals surface area contributed by atoms with E-state index in [1.165, 1.54) is 17.4 Å². The van der Waals surface area contributed by atoms with E-state index in [0.29, 0.717) is 41.4 Å². The summed E-state index contributed by atoms with van der Waals surface area (Å²) >= 11 is 0. The van der Waals surface area contributed by atoms with Crippen molar-refractivity contribution in [2.75, 3.05) is 13.1 Å². The molecule has 1 spiro atoms. The SMILES string of the molecule is Cc1cc2nc3c(c(=O)n2[nH]1)C[C@@]1(O)[C@H]2Cc4ccc(O)c5c4[C@@]1(CCN2CC1CC1)[C@H]3O5. The van der Waals surface area contributed by atoms with Gasteiger partial charge in [-0.1, -0.05) is 6.07 Å². The first kappa shape index (κ1) is 18.6. The first-order valence-corrected chi connectivity index (χ1v) is 12.0. The number of aryl methyl sites for hydroxylation is 1. The Labute approximate surface area is 189 Å². The van der Waals surface area contributed by atoms with E-state index in [2.05, 4.69) is 10.00 Å². The summed E-state index contributed by atoms with van der Waals surface area (Å²) in [6.07, 6.45) is 3.57. The van der Waals surface area contributed by atoms with Gasteiger partial charge in [0, 0.05) is 41.9 Å². The number of piperidine rings is 1. The van der Waals surface area contributed by atoms with Crippen LogP contribution in [0.25, 0.3) is 5.65 Å². The molecule has 0 unspecified atom stereocenters. The summed E-state index contributed by atoms with van der Waals surface area (Å²) in [5, 5.41) is 26.5. The third-order valence-electron chi connectivity index (χ3n) is 9.08. The Kier molecular flexibility index (Phi) is 3.16. The predicted molar refractivity (Wildman–Crippen MR) is 119 cm³/mol. The van der Waals surface area contributed by atoms with E-state index in [4.69, 9.17) is 9.72 Å². The molecule has 3 N–H and O–H groups in total. The molecule has 0 amide bonds. The Hall–Kier alpha value is -2.84. The van der Waals surface area contributed by atoms with Crippen molar-refractivity contribution in [1.82, 2.24) is 19.5 Å². The Morgan fingerprint density at radius 3 is 3.00 bits per heavy atom. The van der Waals surface area contributed by atoms with Crippen molar-refractivity contribution in [3.05, 3.63) is 56.6 Å². The molecule has 33 heavy (non-hydrogen) atoms. The number of fused-ring (bicyclic) bond motifs is 3. The largest absolute Gasteiger partial charge is 0.504 e. The molecule has 2 aliphatic heterocycles. The number of H-pyrrole nitrogens is 1. The molecule has 8 nitrogen and oxygen atoms in total. The van der Waals surface area contributed by atoms with Crippen LogP contribution in [0.1, 0.15) is 53.4 Å². The van der Waals surface area contributed by atoms with E-state index in [0.717, 1.165) is 29.9 Å². The van der Waals surface area contributed by atoms with Gasteiger partial charge in [0.05, 0.1) is 16.7 Å². The van der Waals surface area contributed by atoms with E-state index in [1.54, 1.807) is 6.07 Å². The minimum Gasteiger partial charge on any atom is -0.504 e. The van der Waals surface area contributed by atoms with Gasteiger partial charge in [-0.15, -0.1) is 0 Å². The van der Waals surface area contributed by atoms with Crippen molar-refractivity contribution in [2.45, 2.75) is 62.2 Å². The number of likely N-dealkylation sites (tertiary alicyclic amines) is 1. The standard InChI is InChI=1S/C25H26N4O4/c1-12-8-18-26-20-15(23(31)29(18)27-12)10-25(32)17-9-14-4-5-16(30)21-19(14)24(25,22(20)33-21)6-7-28(17)11-13-2-3-13/h4-5,8,13,17,22,27,30,32H,2-3,6-7,9-11H2,1H3/t17-,22+,24+,25-/m1/s1. The fourth-order valence-corrected chi connectivity index (χ4v) is 7.50. The van der Waals surface area contributed by atoms with Crippen molar-refractivity contribution in [3.8, 4) is 11.5 Å². The molecule has 1 aromatic carbocycles. The summed E-state index contributed by atoms with van der Waals surface area (Å²) in [6.45, 7) is 3.76. The molecule has 8 rings (SSSR count). The molecule has 8 heteroatoms. The van der Waals surface area contributed by atoms with Crippen molar-refractivity contribution in [1.29, 1.82) is 0 Å². The van der Waals surface area contributed by atoms with E-state index >= 15 is 0 Å². The number of rotatable bonds is 2. The molecule has 2 bridgehead atoms. The average Bonchev–Trinajstić information content (AvgIpc) is 3.40. The Bertz CT molecular complexity index is 1440. The lowest BCUT2D eigenvalue weighted by molar-refractivity contribution is -0.173. The van der Waals surface area contributed by atoms with E-state index in [-0.39, 0.29) is 23.8 Å². The quantitative estimate of drug-likeness (QED) is 0.554. The highest BCUT2D eigenvalue weighted by Crippen LogP contribution is 2.68. The number of aromatic hydroxyl groups is 1. The Balaban J connectivity index is 1.43. The molecule has 3 aliphatic carbocycles. The highest BCUT2D eigenvalue weighted by molar-refractivity contribution is 5.64. The van der Waals surface area contributed by atoms with Gasteiger partial charge in [0.2, 0.25) is 0 Å². The zero-order valence-electron chi connectivity index (χ0n) is 18.5. The lowest BCUT2D eigenvalue weighted by Gasteiger charge is -2.62. The summed E-state index contributed by atoms with van der Waals surface area (Å²) in [5.74, 6) is 1.26. The molecule has 5 aliphatic rings. The van der Waals surface area contributed by atoms with Gasteiger partial charge in [-0.25, -0.2) is 9.50 Å². The molecule has 0 radical (unpaired) electrons. The number of hydrogen-bond acceptors (Lipinski definition) is 6. The molecule has 4 atom stereocenters. The lowest BCUT2D eigenvalue weighted by atomic mass is 9.49. The highest BCUT2D eigenvalue weighted by atomic mass is 16.5. The average molecular weight is 447 g/mol. The monoisotopic (exact) mass is 446 g/mol. The second kappa shape index (κ2) is 5.62. The van der Waals surface area contributed by atoms with Gasteiger partial charge in [0.25, 0.3) is 5.56 Å². The van der Waals surface area contributed by atoms with Gasteiger partial charge in [-0.2, -0.15) is 0 Å². The van der Waals surface area contributed by atoms with Crippen LogP contribution in [0.3, 0.4) is 0 Å². The van der Waals surface area contributed by atoms with Gasteiger partial charge in [-0.3, -0.25) is 14.8 Å². The van der Waals surface area contributed by atoms with Gasteiger partial charge in [0.15, 0.2) is 23.3 Å². The smallest absolute Gasteiger partial charge is 0.276 e. The van der Waals surface area contributed by atoms with Gasteiger partial charge in [-0.05, 0) is 56.7 Å². The summed E-state index contributed by atoms with van der Waals surface area (Å²) in [4.78, 5) is 20.9. The number of aliphatic hydroxyl groups is 1. The number of benzene rings is 1. The number of aromatic amines is 1. The maximum absolute atomic E-state index is 13.6. The third kappa shape index (κ3) is 2.02. The van der Waals surface area contributed by atoms with Crippen molar-refractivity contribution in [3.63, 3.8) is 0 Å². The third-order valence-corrected chi connectivity index (χ3v) is 9.08.